The molecule has 2 rings (SSSR count). The summed E-state index contributed by atoms with van der Waals surface area (Å²) in [7, 11) is 0. The summed E-state index contributed by atoms with van der Waals surface area (Å²) in [4.78, 5) is 23.1. The first-order chi connectivity index (χ1) is 10.8. The third-order valence-electron chi connectivity index (χ3n) is 3.82. The quantitative estimate of drug-likeness (QED) is 0.508. The molecule has 133 valence electrons. The van der Waals surface area contributed by atoms with Crippen LogP contribution in [0.2, 0.25) is 0 Å². The number of ether oxygens (including phenoxy) is 1. The number of aldehydes is 1. The molecule has 0 aromatic carbocycles. The van der Waals surface area contributed by atoms with Crippen LogP contribution in [0.5, 0.6) is 0 Å². The third kappa shape index (κ3) is 6.83. The van der Waals surface area contributed by atoms with E-state index in [1.165, 1.54) is 16.2 Å². The molecule has 8 heteroatoms. The summed E-state index contributed by atoms with van der Waals surface area (Å²) in [6.45, 7) is 5.46. The van der Waals surface area contributed by atoms with Gasteiger partial charge in [0.15, 0.2) is 0 Å². The Bertz CT molecular complexity index is 486. The van der Waals surface area contributed by atoms with Crippen molar-refractivity contribution in [3.63, 3.8) is 0 Å². The largest absolute Gasteiger partial charge is 0.668 e. The molecule has 2 N–H and O–H groups in total. The van der Waals surface area contributed by atoms with Gasteiger partial charge in [0.1, 0.15) is 11.9 Å². The summed E-state index contributed by atoms with van der Waals surface area (Å²) in [5.74, 6) is 2.07. The van der Waals surface area contributed by atoms with Gasteiger partial charge in [-0.1, -0.05) is 6.04 Å². The average Bonchev–Trinajstić information content (AvgIpc) is 2.89. The Balaban J connectivity index is 0.00000288. The predicted molar refractivity (Wildman–Crippen MR) is 96.6 cm³/mol. The van der Waals surface area contributed by atoms with E-state index < -0.39 is 17.7 Å². The van der Waals surface area contributed by atoms with Crippen molar-refractivity contribution in [2.45, 2.75) is 57.7 Å². The predicted octanol–water partition coefficient (Wildman–Crippen LogP) is 3.99. The first-order valence-corrected chi connectivity index (χ1v) is 9.91. The van der Waals surface area contributed by atoms with Crippen molar-refractivity contribution in [1.29, 1.82) is 0 Å². The van der Waals surface area contributed by atoms with Gasteiger partial charge < -0.3 is 20.6 Å². The number of amides is 1. The van der Waals surface area contributed by atoms with Crippen LogP contribution in [0.1, 0.15) is 40.0 Å². The van der Waals surface area contributed by atoms with E-state index in [9.17, 15) is 9.59 Å². The molecule has 1 amide bonds. The minimum Gasteiger partial charge on any atom is -0.668 e. The molecule has 0 spiro atoms. The van der Waals surface area contributed by atoms with Gasteiger partial charge in [-0.3, -0.25) is 0 Å². The van der Waals surface area contributed by atoms with Crippen molar-refractivity contribution in [2.75, 3.05) is 11.5 Å². The standard InChI is InChI=1S/C16H25N2O3S2.Ac/c1-16(2,3)21-15(20)18-13-8-10(7-11(13)12(17)9-19)14-22-5-4-6-23-14;/h9,11-13,17H,4-8H2,1-3H3,(H,18,20);/q-1;. The summed E-state index contributed by atoms with van der Waals surface area (Å²) >= 11 is 3.72. The minimum atomic E-state index is -0.813. The van der Waals surface area contributed by atoms with E-state index in [1.54, 1.807) is 0 Å². The summed E-state index contributed by atoms with van der Waals surface area (Å²) < 4.78 is 6.64. The van der Waals surface area contributed by atoms with Crippen molar-refractivity contribution in [1.82, 2.24) is 5.32 Å². The average molecular weight is 585 g/mol. The van der Waals surface area contributed by atoms with Gasteiger partial charge in [0.25, 0.3) is 0 Å². The fraction of sp³-hybridized carbons (Fsp3) is 0.750. The maximum Gasteiger partial charge on any atom is 0.407 e. The second-order valence-corrected chi connectivity index (χ2v) is 9.40. The van der Waals surface area contributed by atoms with Crippen LogP contribution in [0.15, 0.2) is 9.81 Å². The molecule has 1 saturated heterocycles. The molecule has 1 aliphatic heterocycles. The summed E-state index contributed by atoms with van der Waals surface area (Å²) in [5, 5.41) is 2.88. The van der Waals surface area contributed by atoms with Crippen LogP contribution in [0.25, 0.3) is 5.73 Å². The van der Waals surface area contributed by atoms with Gasteiger partial charge in [-0.2, -0.15) is 0 Å². The molecule has 24 heavy (non-hydrogen) atoms. The molecule has 2 fully saturated rings. The molecule has 0 aromatic heterocycles. The summed E-state index contributed by atoms with van der Waals surface area (Å²) in [5.41, 5.74) is 8.71. The van der Waals surface area contributed by atoms with Crippen molar-refractivity contribution in [3.05, 3.63) is 15.5 Å². The fourth-order valence-corrected chi connectivity index (χ4v) is 5.53. The smallest absolute Gasteiger partial charge is 0.407 e. The van der Waals surface area contributed by atoms with Crippen LogP contribution in [0.4, 0.5) is 4.79 Å². The molecule has 3 unspecified atom stereocenters. The first kappa shape index (κ1) is 22.8. The maximum absolute atomic E-state index is 12.0. The second-order valence-electron chi connectivity index (χ2n) is 6.93. The van der Waals surface area contributed by atoms with Crippen LogP contribution < -0.4 is 5.32 Å². The summed E-state index contributed by atoms with van der Waals surface area (Å²) in [6.07, 6.45) is 2.83. The number of carbonyl (C=O) groups excluding carboxylic acids is 2. The van der Waals surface area contributed by atoms with E-state index >= 15 is 0 Å². The third-order valence-corrected chi connectivity index (χ3v) is 6.61. The van der Waals surface area contributed by atoms with Gasteiger partial charge >= 0.3 is 6.09 Å². The number of carbonyl (C=O) groups is 2. The molecule has 5 nitrogen and oxygen atoms in total. The number of alkyl carbamates (subject to hydrolysis) is 1. The maximum atomic E-state index is 12.0. The van der Waals surface area contributed by atoms with Crippen molar-refractivity contribution < 1.29 is 58.4 Å². The van der Waals surface area contributed by atoms with Crippen LogP contribution in [-0.2, 0) is 9.53 Å². The zero-order valence-corrected chi connectivity index (χ0v) is 20.8. The number of nitrogens with one attached hydrogen (secondary N) is 2. The van der Waals surface area contributed by atoms with Crippen LogP contribution in [-0.4, -0.2) is 41.6 Å². The molecule has 0 aromatic rings. The van der Waals surface area contributed by atoms with Gasteiger partial charge in [0.2, 0.25) is 0 Å². The van der Waals surface area contributed by atoms with Gasteiger partial charge in [0.05, 0.1) is 0 Å². The zero-order chi connectivity index (χ0) is 17.0. The van der Waals surface area contributed by atoms with Crippen molar-refractivity contribution >= 4 is 35.9 Å². The van der Waals surface area contributed by atoms with Crippen LogP contribution >= 0.6 is 23.5 Å². The zero-order valence-electron chi connectivity index (χ0n) is 14.5. The van der Waals surface area contributed by atoms with E-state index in [0.29, 0.717) is 19.1 Å². The molecule has 1 heterocycles. The van der Waals surface area contributed by atoms with Crippen molar-refractivity contribution in [3.8, 4) is 0 Å². The van der Waals surface area contributed by atoms with E-state index in [1.807, 2.05) is 44.3 Å². The van der Waals surface area contributed by atoms with E-state index in [4.69, 9.17) is 10.5 Å². The first-order valence-electron chi connectivity index (χ1n) is 7.93. The Kier molecular flexibility index (Phi) is 9.70. The molecule has 0 bridgehead atoms. The SMILES string of the molecule is CC(C)(C)OC(=O)NC1CC(=C2SCCCS2)CC1C([NH-])C=O.[Ac]. The Morgan fingerprint density at radius 1 is 1.33 bits per heavy atom. The van der Waals surface area contributed by atoms with Crippen molar-refractivity contribution in [2.24, 2.45) is 5.92 Å². The molecular formula is C16H25AcN2O3S2-. The Morgan fingerprint density at radius 3 is 2.50 bits per heavy atom. The molecular weight excluding hydrogens is 559 g/mol. The van der Waals surface area contributed by atoms with Crippen LogP contribution in [0, 0.1) is 50.0 Å². The monoisotopic (exact) mass is 584 g/mol. The fourth-order valence-electron chi connectivity index (χ4n) is 2.82. The number of thioether (sulfide) groups is 2. The van der Waals surface area contributed by atoms with E-state index in [2.05, 4.69) is 5.32 Å². The second kappa shape index (κ2) is 10.2. The normalized spacial score (nSPS) is 25.7. The molecule has 1 saturated carbocycles. The van der Waals surface area contributed by atoms with E-state index in [-0.39, 0.29) is 56.0 Å². The van der Waals surface area contributed by atoms with Gasteiger partial charge in [-0.25, -0.2) is 4.79 Å². The Morgan fingerprint density at radius 2 is 1.96 bits per heavy atom. The summed E-state index contributed by atoms with van der Waals surface area (Å²) in [6, 6.07) is -1.02. The Hall–Kier alpha value is 0.782. The van der Waals surface area contributed by atoms with Gasteiger partial charge in [-0.15, -0.1) is 23.5 Å². The van der Waals surface area contributed by atoms with E-state index in [0.717, 1.165) is 11.5 Å². The number of hydrogen-bond acceptors (Lipinski definition) is 5. The Labute approximate surface area is 188 Å². The molecule has 1 radical (unpaired) electrons. The number of hydrogen-bond donors (Lipinski definition) is 1. The molecule has 2 aliphatic rings. The molecule has 3 atom stereocenters. The number of rotatable bonds is 3. The minimum absolute atomic E-state index is 0. The van der Waals surface area contributed by atoms with Gasteiger partial charge in [0, 0.05) is 54.3 Å². The molecule has 1 aliphatic carbocycles. The topological polar surface area (TPSA) is 79.2 Å². The van der Waals surface area contributed by atoms with Crippen LogP contribution in [0.3, 0.4) is 0 Å². The van der Waals surface area contributed by atoms with Gasteiger partial charge in [-0.05, 0) is 63.0 Å².